The van der Waals surface area contributed by atoms with Crippen molar-refractivity contribution in [3.8, 4) is 12.3 Å². The van der Waals surface area contributed by atoms with Crippen LogP contribution in [0.3, 0.4) is 0 Å². The first-order valence-corrected chi connectivity index (χ1v) is 6.60. The quantitative estimate of drug-likeness (QED) is 0.789. The lowest BCUT2D eigenvalue weighted by molar-refractivity contribution is -0.132. The van der Waals surface area contributed by atoms with E-state index in [2.05, 4.69) is 5.92 Å². The zero-order chi connectivity index (χ0) is 14.5. The van der Waals surface area contributed by atoms with E-state index in [1.54, 1.807) is 6.92 Å². The molecule has 1 heterocycles. The number of benzene rings is 1. The lowest BCUT2D eigenvalue weighted by Gasteiger charge is -2.22. The van der Waals surface area contributed by atoms with E-state index in [4.69, 9.17) is 11.2 Å². The van der Waals surface area contributed by atoms with E-state index in [9.17, 15) is 9.59 Å². The highest BCUT2D eigenvalue weighted by molar-refractivity contribution is 5.94. The standard InChI is InChI=1S/C16H17NO3/c1-3-7-12(2)15(18)17-14(11-20-16(17)19)10-13-8-5-4-6-9-13/h1,4-6,8-9,12,14H,7,10-11H2,2H3/t12-,14+/m1/s1. The van der Waals surface area contributed by atoms with Gasteiger partial charge in [0.15, 0.2) is 0 Å². The van der Waals surface area contributed by atoms with Gasteiger partial charge < -0.3 is 4.74 Å². The Morgan fingerprint density at radius 1 is 1.50 bits per heavy atom. The Kier molecular flexibility index (Phi) is 4.41. The van der Waals surface area contributed by atoms with Gasteiger partial charge in [-0.1, -0.05) is 37.3 Å². The fraction of sp³-hybridized carbons (Fsp3) is 0.375. The third kappa shape index (κ3) is 3.00. The van der Waals surface area contributed by atoms with Crippen molar-refractivity contribution >= 4 is 12.0 Å². The highest BCUT2D eigenvalue weighted by Crippen LogP contribution is 2.20. The van der Waals surface area contributed by atoms with Gasteiger partial charge in [-0.15, -0.1) is 12.3 Å². The molecule has 0 saturated carbocycles. The van der Waals surface area contributed by atoms with Crippen molar-refractivity contribution in [2.24, 2.45) is 5.92 Å². The second kappa shape index (κ2) is 6.25. The van der Waals surface area contributed by atoms with Crippen LogP contribution in [0.2, 0.25) is 0 Å². The molecule has 0 aromatic heterocycles. The number of carbonyl (C=O) groups is 2. The van der Waals surface area contributed by atoms with E-state index in [-0.39, 0.29) is 24.5 Å². The number of hydrogen-bond donors (Lipinski definition) is 0. The maximum atomic E-state index is 12.3. The number of terminal acetylenes is 1. The predicted molar refractivity (Wildman–Crippen MR) is 74.7 cm³/mol. The van der Waals surface area contributed by atoms with Crippen LogP contribution in [0.25, 0.3) is 0 Å². The van der Waals surface area contributed by atoms with E-state index in [1.807, 2.05) is 30.3 Å². The summed E-state index contributed by atoms with van der Waals surface area (Å²) in [4.78, 5) is 25.2. The van der Waals surface area contributed by atoms with E-state index in [0.29, 0.717) is 12.8 Å². The Bertz CT molecular complexity index is 532. The molecular weight excluding hydrogens is 254 g/mol. The summed E-state index contributed by atoms with van der Waals surface area (Å²) in [5.41, 5.74) is 1.07. The first kappa shape index (κ1) is 14.1. The van der Waals surface area contributed by atoms with Crippen molar-refractivity contribution in [3.05, 3.63) is 35.9 Å². The Morgan fingerprint density at radius 3 is 2.85 bits per heavy atom. The minimum atomic E-state index is -0.570. The van der Waals surface area contributed by atoms with E-state index < -0.39 is 6.09 Å². The number of amides is 2. The minimum Gasteiger partial charge on any atom is -0.447 e. The topological polar surface area (TPSA) is 46.6 Å². The van der Waals surface area contributed by atoms with Crippen molar-refractivity contribution in [2.45, 2.75) is 25.8 Å². The van der Waals surface area contributed by atoms with Crippen LogP contribution in [0.1, 0.15) is 18.9 Å². The molecule has 1 aromatic rings. The molecule has 2 atom stereocenters. The summed E-state index contributed by atoms with van der Waals surface area (Å²) in [5.74, 6) is 1.82. The molecule has 0 unspecified atom stereocenters. The highest BCUT2D eigenvalue weighted by Gasteiger charge is 2.39. The average Bonchev–Trinajstić information content (AvgIpc) is 2.80. The number of imide groups is 1. The molecule has 0 N–H and O–H groups in total. The fourth-order valence-electron chi connectivity index (χ4n) is 2.27. The molecular formula is C16H17NO3. The number of ether oxygens (including phenoxy) is 1. The van der Waals surface area contributed by atoms with E-state index >= 15 is 0 Å². The molecule has 4 nitrogen and oxygen atoms in total. The summed E-state index contributed by atoms with van der Waals surface area (Å²) >= 11 is 0. The monoisotopic (exact) mass is 271 g/mol. The molecule has 0 spiro atoms. The largest absolute Gasteiger partial charge is 0.447 e. The van der Waals surface area contributed by atoms with Crippen LogP contribution in [-0.4, -0.2) is 29.5 Å². The van der Waals surface area contributed by atoms with Gasteiger partial charge in [-0.25, -0.2) is 9.69 Å². The van der Waals surface area contributed by atoms with Gasteiger partial charge in [-0.05, 0) is 12.0 Å². The molecule has 2 amide bonds. The summed E-state index contributed by atoms with van der Waals surface area (Å²) in [6.07, 6.45) is 5.57. The molecule has 1 aliphatic heterocycles. The van der Waals surface area contributed by atoms with Crippen molar-refractivity contribution in [3.63, 3.8) is 0 Å². The normalized spacial score (nSPS) is 19.3. The first-order chi connectivity index (χ1) is 9.63. The molecule has 0 radical (unpaired) electrons. The van der Waals surface area contributed by atoms with Crippen LogP contribution in [0.4, 0.5) is 4.79 Å². The third-order valence-electron chi connectivity index (χ3n) is 3.36. The summed E-state index contributed by atoms with van der Waals surface area (Å²) < 4.78 is 5.01. The van der Waals surface area contributed by atoms with Crippen LogP contribution in [-0.2, 0) is 16.0 Å². The molecule has 4 heteroatoms. The number of rotatable bonds is 4. The van der Waals surface area contributed by atoms with Gasteiger partial charge in [0.1, 0.15) is 6.61 Å². The van der Waals surface area contributed by atoms with Crippen LogP contribution >= 0.6 is 0 Å². The van der Waals surface area contributed by atoms with Gasteiger partial charge in [0.2, 0.25) is 5.91 Å². The summed E-state index contributed by atoms with van der Waals surface area (Å²) in [7, 11) is 0. The summed E-state index contributed by atoms with van der Waals surface area (Å²) in [5, 5.41) is 0. The highest BCUT2D eigenvalue weighted by atomic mass is 16.6. The van der Waals surface area contributed by atoms with Crippen molar-refractivity contribution in [2.75, 3.05) is 6.61 Å². The molecule has 20 heavy (non-hydrogen) atoms. The molecule has 1 saturated heterocycles. The Hall–Kier alpha value is -2.28. The maximum Gasteiger partial charge on any atom is 0.416 e. The van der Waals surface area contributed by atoms with Crippen molar-refractivity contribution in [1.29, 1.82) is 0 Å². The van der Waals surface area contributed by atoms with E-state index in [1.165, 1.54) is 4.90 Å². The third-order valence-corrected chi connectivity index (χ3v) is 3.36. The summed E-state index contributed by atoms with van der Waals surface area (Å²) in [6.45, 7) is 1.97. The van der Waals surface area contributed by atoms with Gasteiger partial charge in [0.25, 0.3) is 0 Å². The van der Waals surface area contributed by atoms with Crippen LogP contribution in [0.5, 0.6) is 0 Å². The Labute approximate surface area is 118 Å². The lowest BCUT2D eigenvalue weighted by atomic mass is 10.0. The van der Waals surface area contributed by atoms with Crippen molar-refractivity contribution < 1.29 is 14.3 Å². The molecule has 0 bridgehead atoms. The van der Waals surface area contributed by atoms with Gasteiger partial charge in [0, 0.05) is 12.3 Å². The van der Waals surface area contributed by atoms with Gasteiger partial charge >= 0.3 is 6.09 Å². The number of cyclic esters (lactones) is 1. The second-order valence-corrected chi connectivity index (χ2v) is 4.94. The zero-order valence-electron chi connectivity index (χ0n) is 11.4. The number of nitrogens with zero attached hydrogens (tertiary/aromatic N) is 1. The SMILES string of the molecule is C#CC[C@@H](C)C(=O)N1C(=O)OC[C@@H]1Cc1ccccc1. The Balaban J connectivity index is 2.11. The number of carbonyl (C=O) groups excluding carboxylic acids is 2. The van der Waals surface area contributed by atoms with Gasteiger partial charge in [-0.2, -0.15) is 0 Å². The average molecular weight is 271 g/mol. The molecule has 104 valence electrons. The molecule has 1 aliphatic rings. The zero-order valence-corrected chi connectivity index (χ0v) is 11.4. The van der Waals surface area contributed by atoms with Crippen molar-refractivity contribution in [1.82, 2.24) is 4.90 Å². The van der Waals surface area contributed by atoms with Gasteiger partial charge in [-0.3, -0.25) is 4.79 Å². The summed E-state index contributed by atoms with van der Waals surface area (Å²) in [6, 6.07) is 9.47. The number of hydrogen-bond acceptors (Lipinski definition) is 3. The van der Waals surface area contributed by atoms with Crippen LogP contribution < -0.4 is 0 Å². The van der Waals surface area contributed by atoms with Crippen LogP contribution in [0.15, 0.2) is 30.3 Å². The molecule has 1 aromatic carbocycles. The fourth-order valence-corrected chi connectivity index (χ4v) is 2.27. The predicted octanol–water partition coefficient (Wildman–Crippen LogP) is 2.24. The first-order valence-electron chi connectivity index (χ1n) is 6.60. The molecule has 0 aliphatic carbocycles. The lowest BCUT2D eigenvalue weighted by Crippen LogP contribution is -2.42. The minimum absolute atomic E-state index is 0.238. The molecule has 1 fully saturated rings. The van der Waals surface area contributed by atoms with Crippen LogP contribution in [0, 0.1) is 18.3 Å². The Morgan fingerprint density at radius 2 is 2.20 bits per heavy atom. The van der Waals surface area contributed by atoms with Gasteiger partial charge in [0.05, 0.1) is 6.04 Å². The second-order valence-electron chi connectivity index (χ2n) is 4.94. The van der Waals surface area contributed by atoms with E-state index in [0.717, 1.165) is 5.56 Å². The molecule has 2 rings (SSSR count). The maximum absolute atomic E-state index is 12.3. The smallest absolute Gasteiger partial charge is 0.416 e.